The minimum absolute atomic E-state index is 0.0107. The summed E-state index contributed by atoms with van der Waals surface area (Å²) in [5, 5.41) is 4.01. The van der Waals surface area contributed by atoms with Gasteiger partial charge in [-0.05, 0) is 47.9 Å². The summed E-state index contributed by atoms with van der Waals surface area (Å²) in [4.78, 5) is 21.2. The normalized spacial score (nSPS) is 14.9. The lowest BCUT2D eigenvalue weighted by molar-refractivity contribution is -0.137. The number of aromatic nitrogens is 2. The van der Waals surface area contributed by atoms with Gasteiger partial charge in [0.25, 0.3) is 0 Å². The summed E-state index contributed by atoms with van der Waals surface area (Å²) in [6, 6.07) is 13.8. The fourth-order valence-corrected chi connectivity index (χ4v) is 3.50. The van der Waals surface area contributed by atoms with Crippen molar-refractivity contribution >= 4 is 6.09 Å². The van der Waals surface area contributed by atoms with Gasteiger partial charge < -0.3 is 14.5 Å². The van der Waals surface area contributed by atoms with Crippen molar-refractivity contribution in [2.75, 3.05) is 13.1 Å². The maximum absolute atomic E-state index is 12.7. The molecular formula is C23H22F3N3O3. The molecule has 1 aromatic heterocycles. The van der Waals surface area contributed by atoms with Gasteiger partial charge in [0.2, 0.25) is 0 Å². The monoisotopic (exact) mass is 445 g/mol. The largest absolute Gasteiger partial charge is 0.416 e. The lowest BCUT2D eigenvalue weighted by Gasteiger charge is -2.30. The van der Waals surface area contributed by atoms with Crippen molar-refractivity contribution in [2.45, 2.75) is 31.5 Å². The van der Waals surface area contributed by atoms with Crippen LogP contribution in [0.5, 0.6) is 5.75 Å². The topological polar surface area (TPSA) is 56.6 Å². The molecule has 1 aliphatic heterocycles. The van der Waals surface area contributed by atoms with E-state index in [-0.39, 0.29) is 6.10 Å². The third-order valence-electron chi connectivity index (χ3n) is 5.26. The summed E-state index contributed by atoms with van der Waals surface area (Å²) in [7, 11) is 0. The Morgan fingerprint density at radius 2 is 1.62 bits per heavy atom. The molecule has 0 aliphatic carbocycles. The number of alkyl halides is 3. The van der Waals surface area contributed by atoms with Crippen molar-refractivity contribution in [3.05, 3.63) is 83.7 Å². The van der Waals surface area contributed by atoms with Gasteiger partial charge in [-0.2, -0.15) is 13.2 Å². The van der Waals surface area contributed by atoms with Crippen LogP contribution in [0.15, 0.2) is 67.0 Å². The third kappa shape index (κ3) is 5.60. The number of benzene rings is 2. The molecule has 9 heteroatoms. The zero-order valence-corrected chi connectivity index (χ0v) is 17.2. The van der Waals surface area contributed by atoms with Gasteiger partial charge in [-0.3, -0.25) is 0 Å². The van der Waals surface area contributed by atoms with E-state index in [0.29, 0.717) is 38.1 Å². The molecule has 168 valence electrons. The highest BCUT2D eigenvalue weighted by Gasteiger charge is 2.30. The molecule has 4 rings (SSSR count). The number of nitrogens with zero attached hydrogens (tertiary/aromatic N) is 3. The van der Waals surface area contributed by atoms with Gasteiger partial charge in [-0.15, -0.1) is 9.94 Å². The minimum Gasteiger partial charge on any atom is -0.410 e. The Morgan fingerprint density at radius 3 is 2.19 bits per heavy atom. The van der Waals surface area contributed by atoms with Gasteiger partial charge in [0.1, 0.15) is 11.9 Å². The first-order valence-corrected chi connectivity index (χ1v) is 10.3. The van der Waals surface area contributed by atoms with E-state index in [1.165, 1.54) is 17.0 Å². The van der Waals surface area contributed by atoms with Crippen LogP contribution in [0.3, 0.4) is 0 Å². The summed E-state index contributed by atoms with van der Waals surface area (Å²) in [6.07, 6.45) is 0.439. The molecule has 0 unspecified atom stereocenters. The van der Waals surface area contributed by atoms with E-state index in [4.69, 9.17) is 9.57 Å². The highest BCUT2D eigenvalue weighted by Crippen LogP contribution is 2.29. The maximum atomic E-state index is 12.7. The molecule has 1 fully saturated rings. The molecule has 3 aromatic rings. The number of amides is 1. The zero-order chi connectivity index (χ0) is 22.6. The summed E-state index contributed by atoms with van der Waals surface area (Å²) >= 11 is 0. The third-order valence-corrected chi connectivity index (χ3v) is 5.26. The van der Waals surface area contributed by atoms with Crippen LogP contribution >= 0.6 is 0 Å². The number of halogens is 3. The van der Waals surface area contributed by atoms with E-state index in [0.717, 1.165) is 23.3 Å². The van der Waals surface area contributed by atoms with Gasteiger partial charge >= 0.3 is 12.3 Å². The maximum Gasteiger partial charge on any atom is 0.416 e. The highest BCUT2D eigenvalue weighted by atomic mass is 19.4. The van der Waals surface area contributed by atoms with Crippen LogP contribution in [0, 0.1) is 0 Å². The van der Waals surface area contributed by atoms with E-state index < -0.39 is 17.8 Å². The Hall–Kier alpha value is -3.49. The molecule has 0 saturated carbocycles. The first kappa shape index (κ1) is 21.7. The molecular weight excluding hydrogens is 423 g/mol. The molecule has 2 aromatic carbocycles. The van der Waals surface area contributed by atoms with Crippen LogP contribution in [0.1, 0.15) is 29.5 Å². The van der Waals surface area contributed by atoms with Gasteiger partial charge in [0, 0.05) is 25.9 Å². The van der Waals surface area contributed by atoms with Gasteiger partial charge in [-0.25, -0.2) is 4.79 Å². The molecule has 32 heavy (non-hydrogen) atoms. The number of hydrogen-bond donors (Lipinski definition) is 0. The predicted octanol–water partition coefficient (Wildman–Crippen LogP) is 4.58. The lowest BCUT2D eigenvalue weighted by Crippen LogP contribution is -2.44. The molecule has 1 amide bonds. The number of likely N-dealkylation sites (tertiary alicyclic amines) is 1. The number of carbonyl (C=O) groups excluding carboxylic acids is 1. The molecule has 6 nitrogen and oxygen atoms in total. The van der Waals surface area contributed by atoms with Crippen molar-refractivity contribution in [1.29, 1.82) is 0 Å². The standard InChI is InChI=1S/C23H22F3N3O3/c24-23(25,26)19-6-2-17(3-7-19)16-18-4-8-20(9-5-18)31-22(30)28-14-10-21(11-15-28)32-29-13-1-12-27-29/h1-9,12-13,21H,10-11,14-16H2. The second-order valence-corrected chi connectivity index (χ2v) is 7.58. The van der Waals surface area contributed by atoms with Gasteiger partial charge in [-0.1, -0.05) is 24.3 Å². The van der Waals surface area contributed by atoms with Crippen LogP contribution in [-0.2, 0) is 12.6 Å². The molecule has 0 bridgehead atoms. The fourth-order valence-electron chi connectivity index (χ4n) is 3.50. The number of rotatable bonds is 5. The SMILES string of the molecule is O=C(Oc1ccc(Cc2ccc(C(F)(F)F)cc2)cc1)N1CCC(On2cccn2)CC1. The van der Waals surface area contributed by atoms with Crippen LogP contribution < -0.4 is 9.57 Å². The summed E-state index contributed by atoms with van der Waals surface area (Å²) in [5.41, 5.74) is 1.00. The Kier molecular flexibility index (Phi) is 6.34. The molecule has 0 radical (unpaired) electrons. The molecule has 1 aliphatic rings. The molecule has 0 atom stereocenters. The second kappa shape index (κ2) is 9.33. The molecule has 0 spiro atoms. The predicted molar refractivity (Wildman–Crippen MR) is 110 cm³/mol. The number of piperidine rings is 1. The van der Waals surface area contributed by atoms with Crippen molar-refractivity contribution in [3.8, 4) is 5.75 Å². The Morgan fingerprint density at radius 1 is 1.00 bits per heavy atom. The van der Waals surface area contributed by atoms with Crippen molar-refractivity contribution in [2.24, 2.45) is 0 Å². The Bertz CT molecular complexity index is 1010. The lowest BCUT2D eigenvalue weighted by atomic mass is 10.0. The zero-order valence-electron chi connectivity index (χ0n) is 17.2. The summed E-state index contributed by atoms with van der Waals surface area (Å²) in [6.45, 7) is 1.05. The summed E-state index contributed by atoms with van der Waals surface area (Å²) in [5.74, 6) is 0.418. The Balaban J connectivity index is 1.26. The van der Waals surface area contributed by atoms with Crippen molar-refractivity contribution < 1.29 is 27.5 Å². The molecule has 1 saturated heterocycles. The van der Waals surface area contributed by atoms with E-state index in [9.17, 15) is 18.0 Å². The van der Waals surface area contributed by atoms with Crippen LogP contribution in [0.4, 0.5) is 18.0 Å². The van der Waals surface area contributed by atoms with Crippen LogP contribution in [0.2, 0.25) is 0 Å². The van der Waals surface area contributed by atoms with Gasteiger partial charge in [0.15, 0.2) is 0 Å². The summed E-state index contributed by atoms with van der Waals surface area (Å²) < 4.78 is 43.5. The quantitative estimate of drug-likeness (QED) is 0.577. The first-order chi connectivity index (χ1) is 15.4. The van der Waals surface area contributed by atoms with Crippen molar-refractivity contribution in [1.82, 2.24) is 14.8 Å². The van der Waals surface area contributed by atoms with E-state index in [1.807, 2.05) is 0 Å². The number of carbonyl (C=O) groups is 1. The van der Waals surface area contributed by atoms with Crippen LogP contribution in [0.25, 0.3) is 0 Å². The highest BCUT2D eigenvalue weighted by molar-refractivity contribution is 5.70. The van der Waals surface area contributed by atoms with E-state index >= 15 is 0 Å². The van der Waals surface area contributed by atoms with Crippen LogP contribution in [-0.4, -0.2) is 40.1 Å². The average molecular weight is 445 g/mol. The van der Waals surface area contributed by atoms with Crippen molar-refractivity contribution in [3.63, 3.8) is 0 Å². The minimum atomic E-state index is -4.34. The first-order valence-electron chi connectivity index (χ1n) is 10.3. The number of hydrogen-bond acceptors (Lipinski definition) is 4. The van der Waals surface area contributed by atoms with E-state index in [2.05, 4.69) is 5.10 Å². The molecule has 0 N–H and O–H groups in total. The second-order valence-electron chi connectivity index (χ2n) is 7.58. The van der Waals surface area contributed by atoms with Gasteiger partial charge in [0.05, 0.1) is 18.0 Å². The smallest absolute Gasteiger partial charge is 0.410 e. The number of ether oxygens (including phenoxy) is 1. The Labute approximate surface area is 183 Å². The van der Waals surface area contributed by atoms with E-state index in [1.54, 1.807) is 47.6 Å². The fraction of sp³-hybridized carbons (Fsp3) is 0.304. The molecule has 2 heterocycles. The average Bonchev–Trinajstić information content (AvgIpc) is 3.28.